The molecule has 2 saturated heterocycles. The molecule has 2 heterocycles. The maximum Gasteiger partial charge on any atom is 0.222 e. The Labute approximate surface area is 128 Å². The van der Waals surface area contributed by atoms with E-state index >= 15 is 0 Å². The quantitative estimate of drug-likeness (QED) is 0.809. The Morgan fingerprint density at radius 2 is 1.81 bits per heavy atom. The van der Waals surface area contributed by atoms with Gasteiger partial charge in [-0.25, -0.2) is 0 Å². The lowest BCUT2D eigenvalue weighted by molar-refractivity contribution is -0.243. The van der Waals surface area contributed by atoms with E-state index in [0.717, 1.165) is 45.3 Å². The minimum absolute atomic E-state index is 0.317. The first-order chi connectivity index (χ1) is 9.87. The van der Waals surface area contributed by atoms with E-state index in [-0.39, 0.29) is 5.60 Å². The van der Waals surface area contributed by atoms with Gasteiger partial charge in [0.25, 0.3) is 0 Å². The van der Waals surface area contributed by atoms with Gasteiger partial charge in [-0.05, 0) is 46.5 Å². The molecule has 2 rings (SSSR count). The lowest BCUT2D eigenvalue weighted by Crippen LogP contribution is -2.51. The fourth-order valence-corrected chi connectivity index (χ4v) is 3.20. The molecule has 0 radical (unpaired) electrons. The molecule has 1 amide bonds. The van der Waals surface area contributed by atoms with Gasteiger partial charge in [-0.3, -0.25) is 9.69 Å². The predicted molar refractivity (Wildman–Crippen MR) is 81.6 cm³/mol. The topological polar surface area (TPSA) is 53.0 Å². The van der Waals surface area contributed by atoms with Crippen LogP contribution in [-0.2, 0) is 9.53 Å². The van der Waals surface area contributed by atoms with Crippen molar-refractivity contribution in [1.29, 1.82) is 0 Å². The highest BCUT2D eigenvalue weighted by Gasteiger charge is 2.31. The zero-order valence-corrected chi connectivity index (χ0v) is 13.7. The number of carbonyl (C=O) groups is 1. The standard InChI is InChI=1S/C16H30N2O3/c1-16(2,3)21-15(20)17-11-8-13(9-12-17)18-10-6-4-5-7-14(18)19/h13,15,20H,4-12H2,1-3H3. The monoisotopic (exact) mass is 298 g/mol. The van der Waals surface area contributed by atoms with Gasteiger partial charge in [0, 0.05) is 32.1 Å². The molecule has 1 unspecified atom stereocenters. The molecule has 0 aromatic heterocycles. The minimum atomic E-state index is -0.842. The van der Waals surface area contributed by atoms with Crippen molar-refractivity contribution in [2.24, 2.45) is 0 Å². The van der Waals surface area contributed by atoms with Crippen molar-refractivity contribution in [1.82, 2.24) is 9.80 Å². The number of hydrogen-bond donors (Lipinski definition) is 1. The summed E-state index contributed by atoms with van der Waals surface area (Å²) in [5, 5.41) is 10.1. The summed E-state index contributed by atoms with van der Waals surface area (Å²) in [5.41, 5.74) is -0.350. The molecule has 5 nitrogen and oxygen atoms in total. The Morgan fingerprint density at radius 1 is 1.14 bits per heavy atom. The first kappa shape index (κ1) is 16.7. The zero-order chi connectivity index (χ0) is 15.5. The van der Waals surface area contributed by atoms with E-state index < -0.39 is 6.41 Å². The summed E-state index contributed by atoms with van der Waals surface area (Å²) in [4.78, 5) is 16.2. The van der Waals surface area contributed by atoms with Crippen LogP contribution in [0.1, 0.15) is 59.3 Å². The summed E-state index contributed by atoms with van der Waals surface area (Å²) in [5.74, 6) is 0.317. The van der Waals surface area contributed by atoms with Gasteiger partial charge in [-0.15, -0.1) is 0 Å². The fraction of sp³-hybridized carbons (Fsp3) is 0.938. The van der Waals surface area contributed by atoms with Crippen molar-refractivity contribution >= 4 is 5.91 Å². The number of nitrogens with zero attached hydrogens (tertiary/aromatic N) is 2. The summed E-state index contributed by atoms with van der Waals surface area (Å²) < 4.78 is 5.60. The van der Waals surface area contributed by atoms with Gasteiger partial charge in [0.2, 0.25) is 12.3 Å². The average Bonchev–Trinajstić information content (AvgIpc) is 2.62. The highest BCUT2D eigenvalue weighted by atomic mass is 16.6. The Balaban J connectivity index is 1.83. The maximum atomic E-state index is 12.2. The number of carbonyl (C=O) groups excluding carboxylic acids is 1. The lowest BCUT2D eigenvalue weighted by Gasteiger charge is -2.40. The molecule has 2 aliphatic rings. The van der Waals surface area contributed by atoms with Crippen LogP contribution in [0.25, 0.3) is 0 Å². The minimum Gasteiger partial charge on any atom is -0.356 e. The Hall–Kier alpha value is -0.650. The summed E-state index contributed by atoms with van der Waals surface area (Å²) in [6.07, 6.45) is 5.04. The van der Waals surface area contributed by atoms with Crippen molar-refractivity contribution in [3.05, 3.63) is 0 Å². The molecule has 2 aliphatic heterocycles. The summed E-state index contributed by atoms with van der Waals surface area (Å²) >= 11 is 0. The summed E-state index contributed by atoms with van der Waals surface area (Å²) in [6, 6.07) is 0.341. The van der Waals surface area contributed by atoms with Crippen LogP contribution >= 0.6 is 0 Å². The van der Waals surface area contributed by atoms with Crippen molar-refractivity contribution in [3.8, 4) is 0 Å². The van der Waals surface area contributed by atoms with E-state index in [1.807, 2.05) is 25.7 Å². The van der Waals surface area contributed by atoms with Crippen molar-refractivity contribution in [2.75, 3.05) is 19.6 Å². The number of rotatable bonds is 3. The lowest BCUT2D eigenvalue weighted by atomic mass is 10.0. The number of aliphatic hydroxyl groups excluding tert-OH is 1. The number of amides is 1. The third-order valence-electron chi connectivity index (χ3n) is 4.32. The molecule has 0 aliphatic carbocycles. The smallest absolute Gasteiger partial charge is 0.222 e. The third-order valence-corrected chi connectivity index (χ3v) is 4.32. The molecule has 2 fully saturated rings. The van der Waals surface area contributed by atoms with E-state index in [1.54, 1.807) is 0 Å². The Morgan fingerprint density at radius 3 is 2.43 bits per heavy atom. The Kier molecular flexibility index (Phi) is 5.63. The normalized spacial score (nSPS) is 25.0. The first-order valence-corrected chi connectivity index (χ1v) is 8.26. The number of likely N-dealkylation sites (tertiary alicyclic amines) is 2. The van der Waals surface area contributed by atoms with Crippen LogP contribution in [0.3, 0.4) is 0 Å². The molecule has 122 valence electrons. The van der Waals surface area contributed by atoms with Crippen LogP contribution in [0.5, 0.6) is 0 Å². The second-order valence-corrected chi connectivity index (χ2v) is 7.22. The molecule has 0 aromatic carbocycles. The molecule has 0 aromatic rings. The third kappa shape index (κ3) is 4.94. The fourth-order valence-electron chi connectivity index (χ4n) is 3.20. The number of ether oxygens (including phenoxy) is 1. The van der Waals surface area contributed by atoms with Gasteiger partial charge in [-0.1, -0.05) is 6.42 Å². The largest absolute Gasteiger partial charge is 0.356 e. The average molecular weight is 298 g/mol. The summed E-state index contributed by atoms with van der Waals surface area (Å²) in [6.45, 7) is 8.30. The van der Waals surface area contributed by atoms with Crippen molar-refractivity contribution < 1.29 is 14.6 Å². The molecule has 1 N–H and O–H groups in total. The van der Waals surface area contributed by atoms with Crippen LogP contribution in [-0.4, -0.2) is 58.5 Å². The molecule has 0 saturated carbocycles. The van der Waals surface area contributed by atoms with Gasteiger partial charge < -0.3 is 14.7 Å². The molecule has 21 heavy (non-hydrogen) atoms. The Bertz CT molecular complexity index is 346. The highest BCUT2D eigenvalue weighted by molar-refractivity contribution is 5.76. The maximum absolute atomic E-state index is 12.2. The van der Waals surface area contributed by atoms with Crippen LogP contribution in [0, 0.1) is 0 Å². The van der Waals surface area contributed by atoms with E-state index in [9.17, 15) is 9.90 Å². The highest BCUT2D eigenvalue weighted by Crippen LogP contribution is 2.23. The zero-order valence-electron chi connectivity index (χ0n) is 13.7. The second-order valence-electron chi connectivity index (χ2n) is 7.22. The van der Waals surface area contributed by atoms with Gasteiger partial charge in [0.1, 0.15) is 0 Å². The molecule has 1 atom stereocenters. The second kappa shape index (κ2) is 7.07. The van der Waals surface area contributed by atoms with E-state index in [1.165, 1.54) is 6.42 Å². The van der Waals surface area contributed by atoms with E-state index in [4.69, 9.17) is 4.74 Å². The van der Waals surface area contributed by atoms with Crippen LogP contribution in [0.15, 0.2) is 0 Å². The predicted octanol–water partition coefficient (Wildman–Crippen LogP) is 1.94. The van der Waals surface area contributed by atoms with Gasteiger partial charge in [0.05, 0.1) is 5.60 Å². The number of hydrogen-bond acceptors (Lipinski definition) is 4. The SMILES string of the molecule is CC(C)(C)OC(O)N1CCC(N2CCCCCC2=O)CC1. The van der Waals surface area contributed by atoms with E-state index in [2.05, 4.69) is 4.90 Å². The number of piperidine rings is 1. The van der Waals surface area contributed by atoms with Crippen LogP contribution in [0.2, 0.25) is 0 Å². The van der Waals surface area contributed by atoms with Crippen molar-refractivity contribution in [3.63, 3.8) is 0 Å². The number of aliphatic hydroxyl groups is 1. The van der Waals surface area contributed by atoms with Gasteiger partial charge in [0.15, 0.2) is 0 Å². The molecule has 0 spiro atoms. The van der Waals surface area contributed by atoms with Gasteiger partial charge in [-0.2, -0.15) is 0 Å². The molecular weight excluding hydrogens is 268 g/mol. The first-order valence-electron chi connectivity index (χ1n) is 8.26. The molecule has 5 heteroatoms. The van der Waals surface area contributed by atoms with Crippen molar-refractivity contribution in [2.45, 2.75) is 77.4 Å². The van der Waals surface area contributed by atoms with Crippen LogP contribution < -0.4 is 0 Å². The van der Waals surface area contributed by atoms with E-state index in [0.29, 0.717) is 18.4 Å². The van der Waals surface area contributed by atoms with Gasteiger partial charge >= 0.3 is 0 Å². The molecular formula is C16H30N2O3. The summed E-state index contributed by atoms with van der Waals surface area (Å²) in [7, 11) is 0. The molecule has 0 bridgehead atoms. The van der Waals surface area contributed by atoms with Crippen LogP contribution in [0.4, 0.5) is 0 Å².